The first kappa shape index (κ1) is 11.7. The fourth-order valence-electron chi connectivity index (χ4n) is 1.42. The van der Waals surface area contributed by atoms with Gasteiger partial charge in [0, 0.05) is 18.6 Å². The van der Waals surface area contributed by atoms with Gasteiger partial charge in [0.25, 0.3) is 0 Å². The van der Waals surface area contributed by atoms with E-state index in [9.17, 15) is 0 Å². The van der Waals surface area contributed by atoms with Gasteiger partial charge in [-0.15, -0.1) is 0 Å². The van der Waals surface area contributed by atoms with E-state index in [0.717, 1.165) is 13.0 Å². The Bertz CT molecular complexity index is 252. The molecule has 0 spiro atoms. The van der Waals surface area contributed by atoms with Crippen molar-refractivity contribution >= 4 is 11.3 Å². The van der Waals surface area contributed by atoms with Gasteiger partial charge < -0.3 is 5.73 Å². The first-order chi connectivity index (χ1) is 6.62. The highest BCUT2D eigenvalue weighted by atomic mass is 32.1. The van der Waals surface area contributed by atoms with E-state index in [4.69, 9.17) is 5.73 Å². The van der Waals surface area contributed by atoms with Crippen LogP contribution in [0.4, 0.5) is 0 Å². The molecule has 1 aromatic heterocycles. The van der Waals surface area contributed by atoms with Gasteiger partial charge in [-0.3, -0.25) is 4.90 Å². The molecule has 1 aromatic rings. The fourth-order valence-corrected chi connectivity index (χ4v) is 2.08. The molecule has 3 heteroatoms. The van der Waals surface area contributed by atoms with Gasteiger partial charge in [0.1, 0.15) is 0 Å². The van der Waals surface area contributed by atoms with Crippen molar-refractivity contribution in [2.75, 3.05) is 13.6 Å². The fraction of sp³-hybridized carbons (Fsp3) is 0.636. The van der Waals surface area contributed by atoms with Crippen molar-refractivity contribution in [3.8, 4) is 0 Å². The van der Waals surface area contributed by atoms with Crippen molar-refractivity contribution in [2.45, 2.75) is 32.4 Å². The van der Waals surface area contributed by atoms with E-state index < -0.39 is 0 Å². The number of hydrogen-bond acceptors (Lipinski definition) is 3. The van der Waals surface area contributed by atoms with Gasteiger partial charge >= 0.3 is 0 Å². The minimum Gasteiger partial charge on any atom is -0.329 e. The number of hydrogen-bond donors (Lipinski definition) is 1. The number of nitrogens with two attached hydrogens (primary N) is 1. The van der Waals surface area contributed by atoms with E-state index in [1.165, 1.54) is 5.56 Å². The normalized spacial score (nSPS) is 15.8. The SMILES string of the molecule is CCC(C)(CN)N(C)Cc1ccsc1. The van der Waals surface area contributed by atoms with Crippen LogP contribution < -0.4 is 5.73 Å². The highest BCUT2D eigenvalue weighted by Gasteiger charge is 2.25. The van der Waals surface area contributed by atoms with E-state index >= 15 is 0 Å². The Hall–Kier alpha value is -0.380. The largest absolute Gasteiger partial charge is 0.329 e. The Morgan fingerprint density at radius 1 is 1.57 bits per heavy atom. The predicted molar refractivity (Wildman–Crippen MR) is 63.5 cm³/mol. The first-order valence-electron chi connectivity index (χ1n) is 5.05. The summed E-state index contributed by atoms with van der Waals surface area (Å²) in [6.07, 6.45) is 1.09. The van der Waals surface area contributed by atoms with Crippen LogP contribution in [0.25, 0.3) is 0 Å². The highest BCUT2D eigenvalue weighted by molar-refractivity contribution is 7.07. The summed E-state index contributed by atoms with van der Waals surface area (Å²) >= 11 is 1.75. The van der Waals surface area contributed by atoms with Gasteiger partial charge in [0.2, 0.25) is 0 Å². The van der Waals surface area contributed by atoms with Crippen LogP contribution in [0, 0.1) is 0 Å². The van der Waals surface area contributed by atoms with Crippen LogP contribution in [-0.4, -0.2) is 24.0 Å². The molecule has 0 saturated heterocycles. The molecule has 0 aliphatic carbocycles. The summed E-state index contributed by atoms with van der Waals surface area (Å²) < 4.78 is 0. The molecule has 0 aromatic carbocycles. The lowest BCUT2D eigenvalue weighted by Crippen LogP contribution is -2.48. The summed E-state index contributed by atoms with van der Waals surface area (Å²) in [5, 5.41) is 4.32. The van der Waals surface area contributed by atoms with Crippen molar-refractivity contribution < 1.29 is 0 Å². The summed E-state index contributed by atoms with van der Waals surface area (Å²) in [5.74, 6) is 0. The molecule has 0 saturated carbocycles. The Morgan fingerprint density at radius 3 is 2.71 bits per heavy atom. The molecule has 0 aliphatic rings. The van der Waals surface area contributed by atoms with Gasteiger partial charge in [-0.25, -0.2) is 0 Å². The zero-order valence-electron chi connectivity index (χ0n) is 9.29. The maximum atomic E-state index is 5.81. The quantitative estimate of drug-likeness (QED) is 0.811. The summed E-state index contributed by atoms with van der Waals surface area (Å²) in [5.41, 5.74) is 7.32. The summed E-state index contributed by atoms with van der Waals surface area (Å²) in [6.45, 7) is 6.12. The van der Waals surface area contributed by atoms with Crippen molar-refractivity contribution in [3.63, 3.8) is 0 Å². The molecule has 0 amide bonds. The van der Waals surface area contributed by atoms with Crippen molar-refractivity contribution in [3.05, 3.63) is 22.4 Å². The monoisotopic (exact) mass is 212 g/mol. The Labute approximate surface area is 90.7 Å². The molecule has 2 N–H and O–H groups in total. The molecule has 0 aliphatic heterocycles. The summed E-state index contributed by atoms with van der Waals surface area (Å²) in [4.78, 5) is 2.34. The van der Waals surface area contributed by atoms with Crippen LogP contribution in [0.15, 0.2) is 16.8 Å². The zero-order chi connectivity index (χ0) is 10.6. The minimum absolute atomic E-state index is 0.127. The van der Waals surface area contributed by atoms with Gasteiger partial charge in [0.05, 0.1) is 0 Å². The lowest BCUT2D eigenvalue weighted by molar-refractivity contribution is 0.132. The van der Waals surface area contributed by atoms with Gasteiger partial charge in [-0.05, 0) is 42.8 Å². The van der Waals surface area contributed by atoms with Crippen LogP contribution >= 0.6 is 11.3 Å². The number of nitrogens with zero attached hydrogens (tertiary/aromatic N) is 1. The molecule has 1 unspecified atom stereocenters. The lowest BCUT2D eigenvalue weighted by Gasteiger charge is -2.37. The standard InChI is InChI=1S/C11H20N2S/c1-4-11(2,9-12)13(3)7-10-5-6-14-8-10/h5-6,8H,4,7,9,12H2,1-3H3. The minimum atomic E-state index is 0.127. The second-order valence-electron chi connectivity index (χ2n) is 4.04. The average Bonchev–Trinajstić information content (AvgIpc) is 2.69. The maximum absolute atomic E-state index is 5.81. The lowest BCUT2D eigenvalue weighted by atomic mass is 9.97. The molecular weight excluding hydrogens is 192 g/mol. The molecule has 0 bridgehead atoms. The number of rotatable bonds is 5. The topological polar surface area (TPSA) is 29.3 Å². The molecule has 1 heterocycles. The Balaban J connectivity index is 2.60. The molecule has 14 heavy (non-hydrogen) atoms. The number of likely N-dealkylation sites (N-methyl/N-ethyl adjacent to an activating group) is 1. The predicted octanol–water partition coefficient (Wildman–Crippen LogP) is 2.31. The average molecular weight is 212 g/mol. The van der Waals surface area contributed by atoms with Crippen molar-refractivity contribution in [2.24, 2.45) is 5.73 Å². The third kappa shape index (κ3) is 2.56. The smallest absolute Gasteiger partial charge is 0.0301 e. The van der Waals surface area contributed by atoms with Crippen molar-refractivity contribution in [1.29, 1.82) is 0 Å². The number of thiophene rings is 1. The van der Waals surface area contributed by atoms with E-state index in [-0.39, 0.29) is 5.54 Å². The Kier molecular flexibility index (Phi) is 4.11. The highest BCUT2D eigenvalue weighted by Crippen LogP contribution is 2.19. The van der Waals surface area contributed by atoms with Crippen LogP contribution in [0.5, 0.6) is 0 Å². The van der Waals surface area contributed by atoms with Gasteiger partial charge in [-0.2, -0.15) is 11.3 Å². The van der Waals surface area contributed by atoms with E-state index in [2.05, 4.69) is 42.6 Å². The Morgan fingerprint density at radius 2 is 2.29 bits per heavy atom. The van der Waals surface area contributed by atoms with Crippen LogP contribution in [0.2, 0.25) is 0 Å². The molecular formula is C11H20N2S. The summed E-state index contributed by atoms with van der Waals surface area (Å²) in [6, 6.07) is 2.17. The van der Waals surface area contributed by atoms with E-state index in [1.807, 2.05) is 0 Å². The maximum Gasteiger partial charge on any atom is 0.0301 e. The van der Waals surface area contributed by atoms with Crippen LogP contribution in [0.1, 0.15) is 25.8 Å². The molecule has 0 radical (unpaired) electrons. The molecule has 2 nitrogen and oxygen atoms in total. The molecule has 1 rings (SSSR count). The third-order valence-corrected chi connectivity index (χ3v) is 3.85. The van der Waals surface area contributed by atoms with E-state index in [1.54, 1.807) is 11.3 Å². The van der Waals surface area contributed by atoms with Crippen LogP contribution in [0.3, 0.4) is 0 Å². The van der Waals surface area contributed by atoms with Gasteiger partial charge in [-0.1, -0.05) is 6.92 Å². The van der Waals surface area contributed by atoms with Crippen molar-refractivity contribution in [1.82, 2.24) is 4.90 Å². The molecule has 0 fully saturated rings. The summed E-state index contributed by atoms with van der Waals surface area (Å²) in [7, 11) is 2.15. The van der Waals surface area contributed by atoms with E-state index in [0.29, 0.717) is 6.54 Å². The zero-order valence-corrected chi connectivity index (χ0v) is 10.1. The first-order valence-corrected chi connectivity index (χ1v) is 5.99. The molecule has 80 valence electrons. The third-order valence-electron chi connectivity index (χ3n) is 3.12. The van der Waals surface area contributed by atoms with Gasteiger partial charge in [0.15, 0.2) is 0 Å². The second kappa shape index (κ2) is 4.91. The van der Waals surface area contributed by atoms with Crippen LogP contribution in [-0.2, 0) is 6.54 Å². The molecule has 1 atom stereocenters. The second-order valence-corrected chi connectivity index (χ2v) is 4.82.